The van der Waals surface area contributed by atoms with Crippen molar-refractivity contribution in [1.29, 1.82) is 0 Å². The largest absolute Gasteiger partial charge is 0.273 e. The summed E-state index contributed by atoms with van der Waals surface area (Å²) in [6.45, 7) is 5.04. The molecule has 0 radical (unpaired) electrons. The normalized spacial score (nSPS) is 13.4. The molecule has 0 spiro atoms. The second-order valence-corrected chi connectivity index (χ2v) is 3.03. The zero-order chi connectivity index (χ0) is 8.27. The molecule has 1 rings (SSSR count). The molecule has 0 fully saturated rings. The van der Waals surface area contributed by atoms with Crippen molar-refractivity contribution < 1.29 is 0 Å². The number of rotatable bonds is 3. The van der Waals surface area contributed by atoms with E-state index in [4.69, 9.17) is 11.6 Å². The highest BCUT2D eigenvalue weighted by molar-refractivity contribution is 6.20. The van der Waals surface area contributed by atoms with Gasteiger partial charge in [-0.3, -0.25) is 4.68 Å². The van der Waals surface area contributed by atoms with Crippen LogP contribution in [0.1, 0.15) is 31.2 Å². The molecule has 1 aromatic heterocycles. The lowest BCUT2D eigenvalue weighted by molar-refractivity contribution is 0.658. The Labute approximate surface area is 72.2 Å². The zero-order valence-electron chi connectivity index (χ0n) is 6.92. The molecular formula is C8H13ClN2. The second-order valence-electron chi connectivity index (χ2n) is 2.51. The van der Waals surface area contributed by atoms with Crippen molar-refractivity contribution >= 4 is 11.6 Å². The maximum atomic E-state index is 6.01. The molecule has 0 aliphatic carbocycles. The van der Waals surface area contributed by atoms with Crippen LogP contribution in [0.25, 0.3) is 0 Å². The first kappa shape index (κ1) is 8.60. The summed E-state index contributed by atoms with van der Waals surface area (Å²) in [6, 6.07) is 0. The number of nitrogens with zero attached hydrogens (tertiary/aromatic N) is 2. The Morgan fingerprint density at radius 2 is 2.36 bits per heavy atom. The molecule has 1 heterocycles. The van der Waals surface area contributed by atoms with Gasteiger partial charge in [0.15, 0.2) is 0 Å². The van der Waals surface area contributed by atoms with Gasteiger partial charge in [-0.1, -0.05) is 6.92 Å². The Kier molecular flexibility index (Phi) is 2.94. The third-order valence-electron chi connectivity index (χ3n) is 1.70. The van der Waals surface area contributed by atoms with Crippen LogP contribution in [-0.4, -0.2) is 9.78 Å². The quantitative estimate of drug-likeness (QED) is 0.641. The first-order chi connectivity index (χ1) is 5.27. The maximum absolute atomic E-state index is 6.01. The van der Waals surface area contributed by atoms with Crippen LogP contribution < -0.4 is 0 Å². The second kappa shape index (κ2) is 3.77. The van der Waals surface area contributed by atoms with Gasteiger partial charge in [0.05, 0.1) is 11.6 Å². The molecule has 0 amide bonds. The van der Waals surface area contributed by atoms with Crippen molar-refractivity contribution in [3.05, 3.63) is 18.0 Å². The minimum absolute atomic E-state index is 0.121. The maximum Gasteiger partial charge on any atom is 0.0613 e. The highest BCUT2D eigenvalue weighted by atomic mass is 35.5. The van der Waals surface area contributed by atoms with Crippen LogP contribution in [0.2, 0.25) is 0 Å². The van der Waals surface area contributed by atoms with E-state index in [1.807, 2.05) is 17.1 Å². The summed E-state index contributed by atoms with van der Waals surface area (Å²) in [4.78, 5) is 0. The smallest absolute Gasteiger partial charge is 0.0613 e. The standard InChI is InChI=1S/C8H13ClN2/c1-3-8(9)7-5-10-11(4-2)6-7/h5-6,8H,3-4H2,1-2H3. The van der Waals surface area contributed by atoms with Crippen LogP contribution in [0.3, 0.4) is 0 Å². The monoisotopic (exact) mass is 172 g/mol. The molecule has 0 bridgehead atoms. The molecule has 0 N–H and O–H groups in total. The predicted octanol–water partition coefficient (Wildman–Crippen LogP) is 2.59. The van der Waals surface area contributed by atoms with Crippen molar-refractivity contribution in [2.75, 3.05) is 0 Å². The Balaban J connectivity index is 2.71. The summed E-state index contributed by atoms with van der Waals surface area (Å²) in [5.74, 6) is 0. The van der Waals surface area contributed by atoms with Crippen LogP contribution in [0, 0.1) is 0 Å². The van der Waals surface area contributed by atoms with E-state index >= 15 is 0 Å². The summed E-state index contributed by atoms with van der Waals surface area (Å²) in [5.41, 5.74) is 1.12. The fourth-order valence-electron chi connectivity index (χ4n) is 0.950. The Bertz CT molecular complexity index is 220. The molecule has 1 aromatic rings. The molecule has 0 aromatic carbocycles. The minimum Gasteiger partial charge on any atom is -0.273 e. The molecule has 62 valence electrons. The number of alkyl halides is 1. The fraction of sp³-hybridized carbons (Fsp3) is 0.625. The van der Waals surface area contributed by atoms with Gasteiger partial charge >= 0.3 is 0 Å². The predicted molar refractivity (Wildman–Crippen MR) is 46.8 cm³/mol. The summed E-state index contributed by atoms with van der Waals surface area (Å²) in [5, 5.41) is 4.26. The van der Waals surface area contributed by atoms with E-state index in [2.05, 4.69) is 18.9 Å². The summed E-state index contributed by atoms with van der Waals surface area (Å²) < 4.78 is 1.89. The lowest BCUT2D eigenvalue weighted by atomic mass is 10.2. The van der Waals surface area contributed by atoms with Gasteiger partial charge in [-0.2, -0.15) is 5.10 Å². The van der Waals surface area contributed by atoms with Crippen LogP contribution in [-0.2, 0) is 6.54 Å². The van der Waals surface area contributed by atoms with Crippen LogP contribution in [0.4, 0.5) is 0 Å². The lowest BCUT2D eigenvalue weighted by Gasteiger charge is -2.00. The number of aromatic nitrogens is 2. The lowest BCUT2D eigenvalue weighted by Crippen LogP contribution is -1.92. The average molecular weight is 173 g/mol. The van der Waals surface area contributed by atoms with E-state index in [0.29, 0.717) is 0 Å². The Morgan fingerprint density at radius 3 is 2.82 bits per heavy atom. The fourth-order valence-corrected chi connectivity index (χ4v) is 1.06. The van der Waals surface area contributed by atoms with E-state index in [-0.39, 0.29) is 5.38 Å². The van der Waals surface area contributed by atoms with Crippen molar-refractivity contribution in [2.24, 2.45) is 0 Å². The van der Waals surface area contributed by atoms with Crippen LogP contribution in [0.15, 0.2) is 12.4 Å². The number of hydrogen-bond acceptors (Lipinski definition) is 1. The van der Waals surface area contributed by atoms with E-state index in [0.717, 1.165) is 18.5 Å². The number of aryl methyl sites for hydroxylation is 1. The van der Waals surface area contributed by atoms with Crippen molar-refractivity contribution in [3.63, 3.8) is 0 Å². The number of hydrogen-bond donors (Lipinski definition) is 0. The molecule has 0 aliphatic rings. The van der Waals surface area contributed by atoms with Crippen molar-refractivity contribution in [1.82, 2.24) is 9.78 Å². The topological polar surface area (TPSA) is 17.8 Å². The van der Waals surface area contributed by atoms with Gasteiger partial charge < -0.3 is 0 Å². The molecule has 0 aliphatic heterocycles. The van der Waals surface area contributed by atoms with Crippen molar-refractivity contribution in [3.8, 4) is 0 Å². The summed E-state index contributed by atoms with van der Waals surface area (Å²) >= 11 is 6.01. The highest BCUT2D eigenvalue weighted by Gasteiger charge is 2.06. The van der Waals surface area contributed by atoms with E-state index in [1.54, 1.807) is 0 Å². The minimum atomic E-state index is 0.121. The van der Waals surface area contributed by atoms with Crippen molar-refractivity contribution in [2.45, 2.75) is 32.2 Å². The molecule has 1 atom stereocenters. The van der Waals surface area contributed by atoms with Gasteiger partial charge in [0, 0.05) is 18.3 Å². The average Bonchev–Trinajstić information content (AvgIpc) is 2.50. The zero-order valence-corrected chi connectivity index (χ0v) is 7.67. The molecular weight excluding hydrogens is 160 g/mol. The van der Waals surface area contributed by atoms with E-state index < -0.39 is 0 Å². The first-order valence-corrected chi connectivity index (χ1v) is 4.38. The molecule has 3 heteroatoms. The Hall–Kier alpha value is -0.500. The molecule has 11 heavy (non-hydrogen) atoms. The third kappa shape index (κ3) is 1.96. The molecule has 0 saturated carbocycles. The van der Waals surface area contributed by atoms with Gasteiger partial charge in [0.1, 0.15) is 0 Å². The van der Waals surface area contributed by atoms with Gasteiger partial charge in [-0.15, -0.1) is 11.6 Å². The van der Waals surface area contributed by atoms with Crippen LogP contribution >= 0.6 is 11.6 Å². The SMILES string of the molecule is CCC(Cl)c1cnn(CC)c1. The van der Waals surface area contributed by atoms with Crippen LogP contribution in [0.5, 0.6) is 0 Å². The molecule has 2 nitrogen and oxygen atoms in total. The van der Waals surface area contributed by atoms with Gasteiger partial charge in [-0.05, 0) is 13.3 Å². The number of halogens is 1. The molecule has 1 unspecified atom stereocenters. The first-order valence-electron chi connectivity index (χ1n) is 3.94. The summed E-state index contributed by atoms with van der Waals surface area (Å²) in [6.07, 6.45) is 4.79. The van der Waals surface area contributed by atoms with E-state index in [1.165, 1.54) is 0 Å². The van der Waals surface area contributed by atoms with Gasteiger partial charge in [0.25, 0.3) is 0 Å². The molecule has 0 saturated heterocycles. The van der Waals surface area contributed by atoms with E-state index in [9.17, 15) is 0 Å². The van der Waals surface area contributed by atoms with Gasteiger partial charge in [0.2, 0.25) is 0 Å². The summed E-state index contributed by atoms with van der Waals surface area (Å²) in [7, 11) is 0. The van der Waals surface area contributed by atoms with Gasteiger partial charge in [-0.25, -0.2) is 0 Å². The Morgan fingerprint density at radius 1 is 1.64 bits per heavy atom. The highest BCUT2D eigenvalue weighted by Crippen LogP contribution is 2.22. The third-order valence-corrected chi connectivity index (χ3v) is 2.26.